The minimum atomic E-state index is -2.70. The number of likely N-dealkylation sites (N-methyl/N-ethyl adjacent to an activating group) is 1. The Hall–Kier alpha value is -4.72. The lowest BCUT2D eigenvalue weighted by atomic mass is 9.58. The first kappa shape index (κ1) is 30.7. The van der Waals surface area contributed by atoms with Crippen LogP contribution in [-0.2, 0) is 25.5 Å². The average molecular weight is 608 g/mol. The van der Waals surface area contributed by atoms with Gasteiger partial charge in [0.05, 0.1) is 18.2 Å². The number of aromatic hydroxyl groups is 1. The summed E-state index contributed by atoms with van der Waals surface area (Å²) in [6.07, 6.45) is -0.529. The number of carbonyl (C=O) groups is 4. The number of phenolic OH excluding ortho intramolecular Hbond substituents is 1. The van der Waals surface area contributed by atoms with Crippen molar-refractivity contribution in [2.75, 3.05) is 39.7 Å². The molecule has 0 saturated heterocycles. The molecular formula is C31H33N3O10. The van der Waals surface area contributed by atoms with Gasteiger partial charge in [0, 0.05) is 24.3 Å². The van der Waals surface area contributed by atoms with E-state index in [0.717, 1.165) is 0 Å². The van der Waals surface area contributed by atoms with Crippen LogP contribution in [0.3, 0.4) is 0 Å². The fourth-order valence-electron chi connectivity index (χ4n) is 6.63. The van der Waals surface area contributed by atoms with Gasteiger partial charge in [-0.2, -0.15) is 0 Å². The number of hydrogen-bond donors (Lipinski definition) is 6. The highest BCUT2D eigenvalue weighted by Gasteiger charge is 2.63. The van der Waals surface area contributed by atoms with E-state index < -0.39 is 64.1 Å². The molecule has 3 aliphatic carbocycles. The van der Waals surface area contributed by atoms with Crippen LogP contribution in [0, 0.1) is 11.8 Å². The minimum Gasteiger partial charge on any atom is -0.510 e. The zero-order valence-corrected chi connectivity index (χ0v) is 24.3. The normalized spacial score (nSPS) is 24.5. The molecular weight excluding hydrogens is 574 g/mol. The van der Waals surface area contributed by atoms with Crippen LogP contribution >= 0.6 is 0 Å². The Kier molecular flexibility index (Phi) is 7.97. The van der Waals surface area contributed by atoms with E-state index in [1.165, 1.54) is 18.1 Å². The second-order valence-corrected chi connectivity index (χ2v) is 11.3. The second kappa shape index (κ2) is 11.4. The van der Waals surface area contributed by atoms with E-state index >= 15 is 0 Å². The molecule has 232 valence electrons. The number of nitrogens with two attached hydrogens (primary N) is 1. The molecule has 13 heteroatoms. The predicted molar refractivity (Wildman–Crippen MR) is 156 cm³/mol. The van der Waals surface area contributed by atoms with Gasteiger partial charge in [-0.05, 0) is 67.7 Å². The number of methoxy groups -OCH3 is 1. The molecule has 13 nitrogen and oxygen atoms in total. The Labute approximate surface area is 252 Å². The van der Waals surface area contributed by atoms with Gasteiger partial charge in [-0.15, -0.1) is 0 Å². The van der Waals surface area contributed by atoms with Crippen molar-refractivity contribution in [3.63, 3.8) is 0 Å². The molecule has 7 N–H and O–H groups in total. The van der Waals surface area contributed by atoms with Crippen molar-refractivity contribution in [3.05, 3.63) is 70.2 Å². The Balaban J connectivity index is 1.55. The third kappa shape index (κ3) is 4.78. The molecule has 3 aliphatic rings. The van der Waals surface area contributed by atoms with Gasteiger partial charge in [-0.3, -0.25) is 24.6 Å². The van der Waals surface area contributed by atoms with Gasteiger partial charge in [0.2, 0.25) is 5.78 Å². The Bertz CT molecular complexity index is 1630. The summed E-state index contributed by atoms with van der Waals surface area (Å²) >= 11 is 0. The lowest BCUT2D eigenvalue weighted by Gasteiger charge is -2.50. The second-order valence-electron chi connectivity index (χ2n) is 11.3. The van der Waals surface area contributed by atoms with E-state index in [0.29, 0.717) is 22.4 Å². The third-order valence-corrected chi connectivity index (χ3v) is 8.57. The highest BCUT2D eigenvalue weighted by Crippen LogP contribution is 2.53. The van der Waals surface area contributed by atoms with E-state index in [2.05, 4.69) is 5.32 Å². The van der Waals surface area contributed by atoms with Crippen LogP contribution in [0.1, 0.15) is 22.3 Å². The van der Waals surface area contributed by atoms with Gasteiger partial charge >= 0.3 is 6.09 Å². The van der Waals surface area contributed by atoms with Gasteiger partial charge in [-0.1, -0.05) is 18.2 Å². The number of hydrogen-bond acceptors (Lipinski definition) is 11. The molecule has 2 aromatic rings. The molecule has 2 amide bonds. The number of amides is 2. The maximum absolute atomic E-state index is 13.9. The maximum atomic E-state index is 13.9. The molecule has 5 rings (SSSR count). The molecule has 2 aromatic carbocycles. The fourth-order valence-corrected chi connectivity index (χ4v) is 6.63. The van der Waals surface area contributed by atoms with E-state index in [4.69, 9.17) is 15.2 Å². The van der Waals surface area contributed by atoms with E-state index in [1.54, 1.807) is 44.4 Å². The number of fused-ring (bicyclic) bond motifs is 3. The monoisotopic (exact) mass is 607 g/mol. The number of anilines is 1. The van der Waals surface area contributed by atoms with E-state index in [-0.39, 0.29) is 42.9 Å². The van der Waals surface area contributed by atoms with Crippen LogP contribution in [0.4, 0.5) is 10.5 Å². The van der Waals surface area contributed by atoms with Crippen molar-refractivity contribution in [1.82, 2.24) is 4.90 Å². The van der Waals surface area contributed by atoms with Crippen molar-refractivity contribution in [2.45, 2.75) is 24.5 Å². The van der Waals surface area contributed by atoms with Crippen molar-refractivity contribution in [3.8, 4) is 16.9 Å². The number of ether oxygens (including phenoxy) is 2. The van der Waals surface area contributed by atoms with Gasteiger partial charge < -0.3 is 35.6 Å². The largest absolute Gasteiger partial charge is 0.510 e. The summed E-state index contributed by atoms with van der Waals surface area (Å²) in [5.74, 6) is -7.07. The smallest absolute Gasteiger partial charge is 0.411 e. The highest BCUT2D eigenvalue weighted by atomic mass is 16.6. The van der Waals surface area contributed by atoms with Crippen molar-refractivity contribution < 1.29 is 49.1 Å². The molecule has 0 aromatic heterocycles. The number of carbonyl (C=O) groups excluding carboxylic acids is 4. The Morgan fingerprint density at radius 3 is 2.36 bits per heavy atom. The summed E-state index contributed by atoms with van der Waals surface area (Å²) < 4.78 is 9.86. The summed E-state index contributed by atoms with van der Waals surface area (Å²) in [5, 5.41) is 47.5. The lowest BCUT2D eigenvalue weighted by molar-refractivity contribution is -0.148. The molecule has 0 bridgehead atoms. The SMILES string of the molecule is COCCOC(=O)Nc1ccc(-c2ccc(O)c3c2C[C@@H]2C[C@@H]4[C@@H](N(C)C)C(O)=C(C(N)=O)C(=O)[C@]4(O)C(O)=C2C3=O)cc1. The minimum absolute atomic E-state index is 0.0189. The number of ketones is 2. The van der Waals surface area contributed by atoms with Crippen molar-refractivity contribution in [1.29, 1.82) is 0 Å². The lowest BCUT2D eigenvalue weighted by Crippen LogP contribution is -2.63. The number of primary amides is 1. The molecule has 0 unspecified atom stereocenters. The number of aliphatic hydroxyl groups excluding tert-OH is 2. The van der Waals surface area contributed by atoms with Gasteiger partial charge in [0.1, 0.15) is 29.4 Å². The first-order chi connectivity index (χ1) is 20.8. The zero-order chi connectivity index (χ0) is 32.1. The van der Waals surface area contributed by atoms with Crippen molar-refractivity contribution >= 4 is 29.3 Å². The number of nitrogens with one attached hydrogen (secondary N) is 1. The molecule has 0 heterocycles. The quantitative estimate of drug-likeness (QED) is 0.198. The summed E-state index contributed by atoms with van der Waals surface area (Å²) in [4.78, 5) is 53.0. The van der Waals surface area contributed by atoms with Crippen LogP contribution in [0.25, 0.3) is 11.1 Å². The molecule has 0 fully saturated rings. The maximum Gasteiger partial charge on any atom is 0.411 e. The summed E-state index contributed by atoms with van der Waals surface area (Å²) in [5.41, 5.74) is 3.72. The first-order valence-electron chi connectivity index (χ1n) is 13.9. The first-order valence-corrected chi connectivity index (χ1v) is 13.9. The molecule has 44 heavy (non-hydrogen) atoms. The van der Waals surface area contributed by atoms with Crippen LogP contribution < -0.4 is 11.1 Å². The summed E-state index contributed by atoms with van der Waals surface area (Å²) in [7, 11) is 4.63. The Morgan fingerprint density at radius 1 is 1.07 bits per heavy atom. The number of rotatable bonds is 7. The average Bonchev–Trinajstić information content (AvgIpc) is 2.95. The number of Topliss-reactive ketones (excluding diaryl/α,β-unsaturated/α-hetero) is 2. The molecule has 0 saturated carbocycles. The van der Waals surface area contributed by atoms with Crippen LogP contribution in [0.5, 0.6) is 5.75 Å². The van der Waals surface area contributed by atoms with Crippen LogP contribution in [0.2, 0.25) is 0 Å². The number of aliphatic hydroxyl groups is 3. The van der Waals surface area contributed by atoms with Gasteiger partial charge in [-0.25, -0.2) is 4.79 Å². The number of benzene rings is 2. The summed E-state index contributed by atoms with van der Waals surface area (Å²) in [6, 6.07) is 8.65. The number of nitrogens with zero attached hydrogens (tertiary/aromatic N) is 1. The molecule has 0 radical (unpaired) electrons. The molecule has 0 aliphatic heterocycles. The Morgan fingerprint density at radius 2 is 1.75 bits per heavy atom. The standard InChI is InChI=1S/C31H33N3O10/c1-34(2)24-19-13-15-12-18-17(14-4-6-16(7-5-14)33-30(41)44-11-10-43-3)8-9-20(35)22(18)25(36)21(15)27(38)31(19,42)28(39)23(26(24)37)29(32)40/h4-9,15,19,24,35,37-38,42H,10-13H2,1-3H3,(H2,32,40)(H,33,41)/t15-,19-,24-,31-/m1/s1. The summed E-state index contributed by atoms with van der Waals surface area (Å²) in [6.45, 7) is 0.344. The number of phenols is 1. The van der Waals surface area contributed by atoms with Gasteiger partial charge in [0.25, 0.3) is 5.91 Å². The number of allylic oxidation sites excluding steroid dienone is 1. The highest BCUT2D eigenvalue weighted by molar-refractivity contribution is 6.25. The van der Waals surface area contributed by atoms with Gasteiger partial charge in [0.15, 0.2) is 11.4 Å². The third-order valence-electron chi connectivity index (χ3n) is 8.57. The zero-order valence-electron chi connectivity index (χ0n) is 24.3. The van der Waals surface area contributed by atoms with E-state index in [9.17, 15) is 39.6 Å². The van der Waals surface area contributed by atoms with Crippen LogP contribution in [-0.4, -0.2) is 95.0 Å². The predicted octanol–water partition coefficient (Wildman–Crippen LogP) is 1.98. The topological polar surface area (TPSA) is 209 Å². The fraction of sp³-hybridized carbons (Fsp3) is 0.355. The van der Waals surface area contributed by atoms with Crippen molar-refractivity contribution in [2.24, 2.45) is 17.6 Å². The molecule has 4 atom stereocenters. The molecule has 0 spiro atoms. The van der Waals surface area contributed by atoms with E-state index in [1.807, 2.05) is 0 Å². The van der Waals surface area contributed by atoms with Crippen LogP contribution in [0.15, 0.2) is 59.1 Å².